The maximum Gasteiger partial charge on any atom is 0.410 e. The molecule has 1 saturated carbocycles. The Hall–Kier alpha value is -6.57. The standard InChI is InChI=1S/C52H66FN13O6/c1-29-36(26-55-47(58-29)41-44(62-72-45(41)32-7-8-32)43-42-46(54)56-28-57-48(42)66(61-43)51(2,3)4)31-13-19-64(20-14-31)50(70)71-27-40(68)63-21-17-33(18-22-63)52(5,6)65-23-15-30(16-24-65)35-10-9-34(25-37(35)53)59-38-11-12-39(67)60-49(38)69/h9-10,25-26,28,30-33,38,59H,7-8,11-24,27H2,1-6H3,(H2,54,56,57)(H,60,67,69). The molecule has 72 heavy (non-hydrogen) atoms. The summed E-state index contributed by atoms with van der Waals surface area (Å²) in [6, 6.07) is 4.52. The molecular formula is C52H66FN13O6. The van der Waals surface area contributed by atoms with E-state index in [1.165, 1.54) is 12.4 Å². The lowest BCUT2D eigenvalue weighted by Crippen LogP contribution is -2.55. The average Bonchev–Trinajstić information content (AvgIpc) is 3.98. The van der Waals surface area contributed by atoms with Gasteiger partial charge in [0.1, 0.15) is 35.4 Å². The molecule has 0 spiro atoms. The highest BCUT2D eigenvalue weighted by molar-refractivity contribution is 6.02. The quantitative estimate of drug-likeness (QED) is 0.113. The molecule has 4 amide bonds. The fourth-order valence-corrected chi connectivity index (χ4v) is 11.4. The fourth-order valence-electron chi connectivity index (χ4n) is 11.4. The molecule has 382 valence electrons. The number of likely N-dealkylation sites (tertiary alicyclic amines) is 3. The van der Waals surface area contributed by atoms with Gasteiger partial charge in [0.05, 0.1) is 16.5 Å². The van der Waals surface area contributed by atoms with Crippen LogP contribution in [0.4, 0.5) is 20.7 Å². The van der Waals surface area contributed by atoms with Crippen LogP contribution >= 0.6 is 0 Å². The molecule has 8 heterocycles. The number of nitrogens with zero attached hydrogens (tertiary/aromatic N) is 10. The number of aromatic nitrogens is 7. The molecule has 10 rings (SSSR count). The summed E-state index contributed by atoms with van der Waals surface area (Å²) in [6.07, 6.45) is 10.2. The molecule has 1 aliphatic carbocycles. The van der Waals surface area contributed by atoms with Gasteiger partial charge in [-0.25, -0.2) is 33.8 Å². The number of nitrogens with one attached hydrogen (secondary N) is 2. The Kier molecular flexibility index (Phi) is 13.2. The monoisotopic (exact) mass is 988 g/mol. The van der Waals surface area contributed by atoms with Crippen molar-refractivity contribution in [3.8, 4) is 22.8 Å². The number of halogens is 1. The van der Waals surface area contributed by atoms with Crippen LogP contribution in [0.1, 0.15) is 139 Å². The molecule has 5 aliphatic rings. The third kappa shape index (κ3) is 9.73. The zero-order chi connectivity index (χ0) is 50.6. The summed E-state index contributed by atoms with van der Waals surface area (Å²) in [4.78, 5) is 75.1. The van der Waals surface area contributed by atoms with Crippen molar-refractivity contribution in [3.05, 3.63) is 59.1 Å². The SMILES string of the molecule is Cc1nc(-c2c(-c3nn(C(C)(C)C)c4ncnc(N)c34)noc2C2CC2)ncc1C1CCN(C(=O)OCC(=O)N2CCC(C(C)(C)N3CCC(c4ccc(NC5CCC(=O)NC5=O)cc4F)CC3)CC2)CC1. The number of nitrogen functional groups attached to an aromatic ring is 1. The van der Waals surface area contributed by atoms with Crippen molar-refractivity contribution in [1.29, 1.82) is 0 Å². The molecule has 19 nitrogen and oxygen atoms in total. The van der Waals surface area contributed by atoms with E-state index in [1.807, 2.05) is 55.6 Å². The van der Waals surface area contributed by atoms with Gasteiger partial charge in [0.15, 0.2) is 23.8 Å². The van der Waals surface area contributed by atoms with Gasteiger partial charge in [0.25, 0.3) is 5.91 Å². The lowest BCUT2D eigenvalue weighted by atomic mass is 9.77. The first kappa shape index (κ1) is 49.0. The third-order valence-corrected chi connectivity index (χ3v) is 16.0. The topological polar surface area (TPSA) is 233 Å². The van der Waals surface area contributed by atoms with Crippen molar-refractivity contribution < 1.29 is 32.8 Å². The first-order valence-electron chi connectivity index (χ1n) is 25.6. The smallest absolute Gasteiger partial charge is 0.410 e. The van der Waals surface area contributed by atoms with Gasteiger partial charge in [-0.2, -0.15) is 5.10 Å². The summed E-state index contributed by atoms with van der Waals surface area (Å²) in [5, 5.41) is 15.5. The van der Waals surface area contributed by atoms with E-state index in [0.717, 1.165) is 68.6 Å². The van der Waals surface area contributed by atoms with E-state index in [4.69, 9.17) is 30.1 Å². The van der Waals surface area contributed by atoms with E-state index in [1.54, 1.807) is 4.90 Å². The summed E-state index contributed by atoms with van der Waals surface area (Å²) < 4.78 is 28.9. The number of hydrogen-bond donors (Lipinski definition) is 3. The van der Waals surface area contributed by atoms with Crippen molar-refractivity contribution in [2.75, 3.05) is 56.9 Å². The molecule has 1 unspecified atom stereocenters. The summed E-state index contributed by atoms with van der Waals surface area (Å²) in [7, 11) is 0. The van der Waals surface area contributed by atoms with Crippen molar-refractivity contribution in [1.82, 2.24) is 54.9 Å². The molecule has 4 saturated heterocycles. The molecule has 20 heteroatoms. The Labute approximate surface area is 418 Å². The highest BCUT2D eigenvalue weighted by atomic mass is 19.1. The molecule has 5 fully saturated rings. The van der Waals surface area contributed by atoms with E-state index in [2.05, 4.69) is 44.5 Å². The second-order valence-electron chi connectivity index (χ2n) is 21.9. The van der Waals surface area contributed by atoms with Gasteiger partial charge in [-0.05, 0) is 153 Å². The minimum Gasteiger partial charge on any atom is -0.439 e. The third-order valence-electron chi connectivity index (χ3n) is 16.0. The maximum absolute atomic E-state index is 15.4. The molecule has 0 radical (unpaired) electrons. The largest absolute Gasteiger partial charge is 0.439 e. The van der Waals surface area contributed by atoms with Crippen molar-refractivity contribution in [2.45, 2.75) is 141 Å². The van der Waals surface area contributed by atoms with Crippen LogP contribution in [0.15, 0.2) is 35.2 Å². The zero-order valence-corrected chi connectivity index (χ0v) is 42.2. The molecule has 1 atom stereocenters. The number of carbonyl (C=O) groups is 4. The highest BCUT2D eigenvalue weighted by Gasteiger charge is 2.41. The van der Waals surface area contributed by atoms with E-state index >= 15 is 4.39 Å². The number of benzene rings is 1. The number of rotatable bonds is 11. The van der Waals surface area contributed by atoms with Crippen molar-refractivity contribution >= 4 is 46.4 Å². The van der Waals surface area contributed by atoms with Gasteiger partial charge in [0, 0.05) is 61.6 Å². The lowest BCUT2D eigenvalue weighted by Gasteiger charge is -2.49. The number of aryl methyl sites for hydroxylation is 1. The van der Waals surface area contributed by atoms with E-state index < -0.39 is 17.7 Å². The van der Waals surface area contributed by atoms with Crippen LogP contribution in [0.2, 0.25) is 0 Å². The maximum atomic E-state index is 15.4. The lowest BCUT2D eigenvalue weighted by molar-refractivity contribution is -0.137. The summed E-state index contributed by atoms with van der Waals surface area (Å²) >= 11 is 0. The van der Waals surface area contributed by atoms with Crippen LogP contribution in [0, 0.1) is 18.7 Å². The van der Waals surface area contributed by atoms with E-state index in [-0.39, 0.29) is 59.9 Å². The highest BCUT2D eigenvalue weighted by Crippen LogP contribution is 2.48. The van der Waals surface area contributed by atoms with Crippen molar-refractivity contribution in [3.63, 3.8) is 0 Å². The number of nitrogens with two attached hydrogens (primary N) is 1. The second-order valence-corrected chi connectivity index (χ2v) is 21.9. The number of fused-ring (bicyclic) bond motifs is 1. The number of anilines is 2. The van der Waals surface area contributed by atoms with Gasteiger partial charge in [-0.1, -0.05) is 11.2 Å². The predicted octanol–water partition coefficient (Wildman–Crippen LogP) is 7.03. The Balaban J connectivity index is 0.689. The summed E-state index contributed by atoms with van der Waals surface area (Å²) in [5.74, 6) is 1.19. The Morgan fingerprint density at radius 3 is 2.22 bits per heavy atom. The van der Waals surface area contributed by atoms with Crippen LogP contribution in [0.3, 0.4) is 0 Å². The van der Waals surface area contributed by atoms with Crippen LogP contribution in [0.5, 0.6) is 0 Å². The van der Waals surface area contributed by atoms with Crippen LogP contribution < -0.4 is 16.4 Å². The van der Waals surface area contributed by atoms with Gasteiger partial charge < -0.3 is 30.1 Å². The number of amides is 4. The van der Waals surface area contributed by atoms with Gasteiger partial charge >= 0.3 is 6.09 Å². The van der Waals surface area contributed by atoms with E-state index in [9.17, 15) is 19.2 Å². The Morgan fingerprint density at radius 1 is 0.861 bits per heavy atom. The van der Waals surface area contributed by atoms with Gasteiger partial charge in [-0.3, -0.25) is 24.6 Å². The molecule has 4 aromatic heterocycles. The van der Waals surface area contributed by atoms with Gasteiger partial charge in [-0.15, -0.1) is 0 Å². The van der Waals surface area contributed by atoms with E-state index in [0.29, 0.717) is 102 Å². The molecule has 4 aliphatic heterocycles. The molecule has 5 aromatic rings. The van der Waals surface area contributed by atoms with Crippen LogP contribution in [0.25, 0.3) is 33.8 Å². The number of carbonyl (C=O) groups excluding carboxylic acids is 4. The first-order valence-corrected chi connectivity index (χ1v) is 25.6. The molecule has 0 bridgehead atoms. The summed E-state index contributed by atoms with van der Waals surface area (Å²) in [6.45, 7) is 16.2. The molecule has 1 aromatic carbocycles. The summed E-state index contributed by atoms with van der Waals surface area (Å²) in [5.41, 5.74) is 11.3. The van der Waals surface area contributed by atoms with Crippen LogP contribution in [-0.4, -0.2) is 131 Å². The van der Waals surface area contributed by atoms with Gasteiger partial charge in [0.2, 0.25) is 11.8 Å². The Bertz CT molecular complexity index is 2880. The number of imide groups is 1. The van der Waals surface area contributed by atoms with Crippen molar-refractivity contribution in [2.24, 2.45) is 5.92 Å². The molecule has 4 N–H and O–H groups in total. The zero-order valence-electron chi connectivity index (χ0n) is 42.2. The number of hydrogen-bond acceptors (Lipinski definition) is 15. The Morgan fingerprint density at radius 2 is 1.56 bits per heavy atom. The number of ether oxygens (including phenoxy) is 1. The fraction of sp³-hybridized carbons (Fsp3) is 0.577. The average molecular weight is 988 g/mol. The minimum absolute atomic E-state index is 0.0881. The predicted molar refractivity (Wildman–Crippen MR) is 266 cm³/mol. The first-order chi connectivity index (χ1) is 34.4. The molecular weight excluding hydrogens is 922 g/mol. The minimum atomic E-state index is -0.567. The van der Waals surface area contributed by atoms with Crippen LogP contribution in [-0.2, 0) is 24.7 Å². The number of piperidine rings is 4. The normalized spacial score (nSPS) is 20.3. The second kappa shape index (κ2) is 19.5.